The van der Waals surface area contributed by atoms with Crippen molar-refractivity contribution in [3.8, 4) is 0 Å². The molecule has 0 unspecified atom stereocenters. The minimum absolute atomic E-state index is 0.0404. The van der Waals surface area contributed by atoms with Crippen molar-refractivity contribution in [3.05, 3.63) is 29.8 Å². The van der Waals surface area contributed by atoms with E-state index in [4.69, 9.17) is 0 Å². The van der Waals surface area contributed by atoms with Crippen LogP contribution in [-0.2, 0) is 4.79 Å². The molecule has 1 aromatic carbocycles. The van der Waals surface area contributed by atoms with Gasteiger partial charge in [-0.05, 0) is 31.2 Å². The zero-order valence-corrected chi connectivity index (χ0v) is 12.8. The number of hydrogen-bond acceptors (Lipinski definition) is 3. The largest absolute Gasteiger partial charge is 0.360 e. The molecule has 21 heavy (non-hydrogen) atoms. The van der Waals surface area contributed by atoms with Crippen molar-refractivity contribution >= 4 is 17.4 Å². The van der Waals surface area contributed by atoms with E-state index < -0.39 is 0 Å². The minimum Gasteiger partial charge on any atom is -0.360 e. The molecule has 0 spiro atoms. The number of quaternary nitrogens is 1. The predicted octanol–water partition coefficient (Wildman–Crippen LogP) is -0.270. The number of benzene rings is 1. The summed E-state index contributed by atoms with van der Waals surface area (Å²) in [7, 11) is 0. The first kappa shape index (κ1) is 15.5. The molecule has 1 aliphatic heterocycles. The summed E-state index contributed by atoms with van der Waals surface area (Å²) in [5, 5.41) is 2.85. The van der Waals surface area contributed by atoms with Gasteiger partial charge < -0.3 is 15.1 Å². The Morgan fingerprint density at radius 1 is 1.14 bits per heavy atom. The molecule has 5 nitrogen and oxygen atoms in total. The second kappa shape index (κ2) is 7.22. The minimum atomic E-state index is 0.0404. The third kappa shape index (κ3) is 4.56. The van der Waals surface area contributed by atoms with Crippen LogP contribution >= 0.6 is 0 Å². The summed E-state index contributed by atoms with van der Waals surface area (Å²) in [6, 6.07) is 7.85. The zero-order valence-electron chi connectivity index (χ0n) is 12.8. The second-order valence-corrected chi connectivity index (χ2v) is 5.57. The summed E-state index contributed by atoms with van der Waals surface area (Å²) in [5.74, 6) is 0.146. The van der Waals surface area contributed by atoms with Crippen molar-refractivity contribution in [1.29, 1.82) is 0 Å². The van der Waals surface area contributed by atoms with E-state index in [1.54, 1.807) is 13.8 Å². The topological polar surface area (TPSA) is 53.9 Å². The van der Waals surface area contributed by atoms with Crippen LogP contribution in [-0.4, -0.2) is 51.0 Å². The Morgan fingerprint density at radius 3 is 2.29 bits per heavy atom. The first-order valence-electron chi connectivity index (χ1n) is 7.50. The molecule has 2 N–H and O–H groups in total. The van der Waals surface area contributed by atoms with Gasteiger partial charge in [-0.15, -0.1) is 0 Å². The fourth-order valence-electron chi connectivity index (χ4n) is 2.65. The highest BCUT2D eigenvalue weighted by Crippen LogP contribution is 2.15. The average molecular weight is 290 g/mol. The normalized spacial score (nSPS) is 15.8. The maximum absolute atomic E-state index is 11.3. The van der Waals surface area contributed by atoms with E-state index >= 15 is 0 Å². The summed E-state index contributed by atoms with van der Waals surface area (Å²) in [5.41, 5.74) is 1.94. The highest BCUT2D eigenvalue weighted by molar-refractivity contribution is 5.94. The highest BCUT2D eigenvalue weighted by atomic mass is 16.1. The average Bonchev–Trinajstić information content (AvgIpc) is 2.48. The lowest BCUT2D eigenvalue weighted by molar-refractivity contribution is -0.899. The van der Waals surface area contributed by atoms with Crippen molar-refractivity contribution in [1.82, 2.24) is 5.32 Å². The Morgan fingerprint density at radius 2 is 1.76 bits per heavy atom. The summed E-state index contributed by atoms with van der Waals surface area (Å²) in [6.45, 7) is 9.05. The zero-order chi connectivity index (χ0) is 15.2. The number of hydrogen-bond donors (Lipinski definition) is 2. The van der Waals surface area contributed by atoms with Crippen molar-refractivity contribution in [2.45, 2.75) is 13.8 Å². The third-order valence-electron chi connectivity index (χ3n) is 3.96. The van der Waals surface area contributed by atoms with Crippen LogP contribution in [0.25, 0.3) is 0 Å². The number of ketones is 1. The van der Waals surface area contributed by atoms with Crippen LogP contribution < -0.4 is 15.1 Å². The molecule has 0 bridgehead atoms. The molecular formula is C16H24N3O2+. The van der Waals surface area contributed by atoms with Crippen LogP contribution in [0.5, 0.6) is 0 Å². The van der Waals surface area contributed by atoms with E-state index in [9.17, 15) is 9.59 Å². The van der Waals surface area contributed by atoms with Gasteiger partial charge in [-0.3, -0.25) is 9.59 Å². The number of rotatable bonds is 5. The second-order valence-electron chi connectivity index (χ2n) is 5.57. The summed E-state index contributed by atoms with van der Waals surface area (Å²) < 4.78 is 0. The van der Waals surface area contributed by atoms with Crippen LogP contribution in [0.15, 0.2) is 24.3 Å². The number of carbonyl (C=O) groups excluding carboxylic acids is 2. The highest BCUT2D eigenvalue weighted by Gasteiger charge is 2.19. The number of carbonyl (C=O) groups is 2. The molecule has 1 amide bonds. The van der Waals surface area contributed by atoms with Gasteiger partial charge in [0.05, 0.1) is 39.3 Å². The molecule has 1 heterocycles. The van der Waals surface area contributed by atoms with E-state index in [0.717, 1.165) is 44.8 Å². The number of piperazine rings is 1. The number of anilines is 1. The van der Waals surface area contributed by atoms with Gasteiger partial charge in [-0.25, -0.2) is 0 Å². The first-order chi connectivity index (χ1) is 10.1. The van der Waals surface area contributed by atoms with Gasteiger partial charge in [0.25, 0.3) is 0 Å². The Bertz CT molecular complexity index is 491. The molecule has 0 aromatic heterocycles. The summed E-state index contributed by atoms with van der Waals surface area (Å²) in [4.78, 5) is 26.0. The Hall–Kier alpha value is -1.88. The quantitative estimate of drug-likeness (QED) is 0.734. The molecule has 1 fully saturated rings. The van der Waals surface area contributed by atoms with Gasteiger partial charge in [0.1, 0.15) is 0 Å². The van der Waals surface area contributed by atoms with Gasteiger partial charge in [0.15, 0.2) is 5.78 Å². The summed E-state index contributed by atoms with van der Waals surface area (Å²) in [6.07, 6.45) is 0. The molecule has 5 heteroatoms. The molecule has 2 rings (SSSR count). The molecule has 1 aromatic rings. The van der Waals surface area contributed by atoms with E-state index in [-0.39, 0.29) is 11.7 Å². The lowest BCUT2D eigenvalue weighted by Crippen LogP contribution is -3.15. The molecule has 1 aliphatic rings. The van der Waals surface area contributed by atoms with Crippen LogP contribution in [0.4, 0.5) is 5.69 Å². The maximum atomic E-state index is 11.3. The lowest BCUT2D eigenvalue weighted by atomic mass is 10.1. The predicted molar refractivity (Wildman–Crippen MR) is 82.9 cm³/mol. The smallest absolute Gasteiger partial charge is 0.217 e. The number of nitrogens with one attached hydrogen (secondary N) is 2. The van der Waals surface area contributed by atoms with Crippen LogP contribution in [0.1, 0.15) is 24.2 Å². The van der Waals surface area contributed by atoms with Crippen molar-refractivity contribution in [2.75, 3.05) is 44.2 Å². The van der Waals surface area contributed by atoms with E-state index in [1.807, 2.05) is 24.3 Å². The van der Waals surface area contributed by atoms with Gasteiger partial charge in [0.2, 0.25) is 5.91 Å². The molecule has 0 saturated carbocycles. The molecule has 0 atom stereocenters. The monoisotopic (exact) mass is 290 g/mol. The van der Waals surface area contributed by atoms with Crippen molar-refractivity contribution < 1.29 is 14.5 Å². The fraction of sp³-hybridized carbons (Fsp3) is 0.500. The Labute approximate surface area is 125 Å². The maximum Gasteiger partial charge on any atom is 0.217 e. The molecule has 1 saturated heterocycles. The third-order valence-corrected chi connectivity index (χ3v) is 3.96. The lowest BCUT2D eigenvalue weighted by Gasteiger charge is -2.33. The number of nitrogens with zero attached hydrogens (tertiary/aromatic N) is 1. The van der Waals surface area contributed by atoms with Crippen LogP contribution in [0.3, 0.4) is 0 Å². The molecule has 0 radical (unpaired) electrons. The van der Waals surface area contributed by atoms with Crippen LogP contribution in [0.2, 0.25) is 0 Å². The number of amides is 1. The summed E-state index contributed by atoms with van der Waals surface area (Å²) >= 11 is 0. The van der Waals surface area contributed by atoms with Gasteiger partial charge >= 0.3 is 0 Å². The van der Waals surface area contributed by atoms with Crippen molar-refractivity contribution in [2.24, 2.45) is 0 Å². The van der Waals surface area contributed by atoms with E-state index in [2.05, 4.69) is 10.2 Å². The van der Waals surface area contributed by atoms with E-state index in [0.29, 0.717) is 0 Å². The standard InChI is InChI=1S/C16H23N3O2/c1-13(20)15-3-5-16(6-4-15)19-11-9-18(10-12-19)8-7-17-14(2)21/h3-6H,7-12H2,1-2H3,(H,17,21)/p+1. The van der Waals surface area contributed by atoms with Crippen LogP contribution in [0, 0.1) is 0 Å². The Kier molecular flexibility index (Phi) is 5.33. The Balaban J connectivity index is 1.80. The first-order valence-corrected chi connectivity index (χ1v) is 7.50. The molecule has 114 valence electrons. The van der Waals surface area contributed by atoms with Crippen molar-refractivity contribution in [3.63, 3.8) is 0 Å². The number of Topliss-reactive ketones (excluding diaryl/α,β-unsaturated/α-hetero) is 1. The van der Waals surface area contributed by atoms with E-state index in [1.165, 1.54) is 10.6 Å². The van der Waals surface area contributed by atoms with Gasteiger partial charge in [-0.1, -0.05) is 0 Å². The van der Waals surface area contributed by atoms with Gasteiger partial charge in [-0.2, -0.15) is 0 Å². The molecular weight excluding hydrogens is 266 g/mol. The van der Waals surface area contributed by atoms with Gasteiger partial charge in [0, 0.05) is 18.2 Å². The SMILES string of the molecule is CC(=O)NCC[NH+]1CCN(c2ccc(C(C)=O)cc2)CC1. The fourth-order valence-corrected chi connectivity index (χ4v) is 2.65. The molecule has 0 aliphatic carbocycles.